The molecule has 1 heterocycles. The van der Waals surface area contributed by atoms with Crippen LogP contribution >= 0.6 is 11.3 Å². The van der Waals surface area contributed by atoms with Crippen molar-refractivity contribution in [2.45, 2.75) is 12.8 Å². The van der Waals surface area contributed by atoms with Gasteiger partial charge in [-0.25, -0.2) is 4.98 Å². The number of hydrogen-bond donors (Lipinski definition) is 0. The molecular formula is C11H7F3NOS. The number of ether oxygens (including phenoxy) is 1. The lowest BCUT2D eigenvalue weighted by molar-refractivity contribution is -0.137. The Labute approximate surface area is 99.7 Å². The molecule has 0 saturated carbocycles. The lowest BCUT2D eigenvalue weighted by atomic mass is 10.2. The van der Waals surface area contributed by atoms with Crippen LogP contribution in [0.2, 0.25) is 0 Å². The van der Waals surface area contributed by atoms with E-state index in [1.54, 1.807) is 5.38 Å². The summed E-state index contributed by atoms with van der Waals surface area (Å²) in [6, 6.07) is 4.56. The van der Waals surface area contributed by atoms with Crippen molar-refractivity contribution in [1.82, 2.24) is 4.98 Å². The Morgan fingerprint density at radius 1 is 1.24 bits per heavy atom. The van der Waals surface area contributed by atoms with Gasteiger partial charge < -0.3 is 4.74 Å². The third-order valence-corrected chi connectivity index (χ3v) is 2.59. The zero-order valence-electron chi connectivity index (χ0n) is 8.49. The van der Waals surface area contributed by atoms with Crippen LogP contribution in [0.3, 0.4) is 0 Å². The fraction of sp³-hybridized carbons (Fsp3) is 0.182. The van der Waals surface area contributed by atoms with Crippen LogP contribution in [0.25, 0.3) is 0 Å². The van der Waals surface area contributed by atoms with E-state index in [-0.39, 0.29) is 6.61 Å². The Bertz CT molecular complexity index is 464. The van der Waals surface area contributed by atoms with Crippen LogP contribution in [0.4, 0.5) is 13.2 Å². The molecule has 0 saturated heterocycles. The van der Waals surface area contributed by atoms with Crippen LogP contribution < -0.4 is 4.74 Å². The van der Waals surface area contributed by atoms with E-state index in [2.05, 4.69) is 10.5 Å². The quantitative estimate of drug-likeness (QED) is 0.840. The summed E-state index contributed by atoms with van der Waals surface area (Å²) in [6.45, 7) is 0.228. The topological polar surface area (TPSA) is 22.1 Å². The van der Waals surface area contributed by atoms with Crippen LogP contribution in [0.15, 0.2) is 29.6 Å². The molecule has 0 fully saturated rings. The van der Waals surface area contributed by atoms with Gasteiger partial charge in [0.05, 0.1) is 11.3 Å². The number of rotatable bonds is 3. The van der Waals surface area contributed by atoms with E-state index in [0.717, 1.165) is 12.1 Å². The minimum atomic E-state index is -4.32. The molecule has 1 aromatic heterocycles. The fourth-order valence-corrected chi connectivity index (χ4v) is 1.65. The number of thiazole rings is 1. The Morgan fingerprint density at radius 2 is 1.94 bits per heavy atom. The van der Waals surface area contributed by atoms with Crippen LogP contribution in [0, 0.1) is 5.51 Å². The first-order valence-corrected chi connectivity index (χ1v) is 5.54. The second-order valence-electron chi connectivity index (χ2n) is 3.24. The van der Waals surface area contributed by atoms with Crippen LogP contribution in [-0.2, 0) is 12.8 Å². The number of aromatic nitrogens is 1. The van der Waals surface area contributed by atoms with Crippen molar-refractivity contribution in [3.05, 3.63) is 46.4 Å². The molecule has 17 heavy (non-hydrogen) atoms. The maximum Gasteiger partial charge on any atom is 0.416 e. The van der Waals surface area contributed by atoms with Gasteiger partial charge in [0.2, 0.25) is 0 Å². The highest BCUT2D eigenvalue weighted by Gasteiger charge is 2.29. The number of alkyl halides is 3. The van der Waals surface area contributed by atoms with Crippen molar-refractivity contribution in [2.75, 3.05) is 0 Å². The van der Waals surface area contributed by atoms with E-state index in [9.17, 15) is 13.2 Å². The molecule has 0 bridgehead atoms. The summed E-state index contributed by atoms with van der Waals surface area (Å²) in [4.78, 5) is 3.88. The van der Waals surface area contributed by atoms with E-state index in [1.165, 1.54) is 23.5 Å². The van der Waals surface area contributed by atoms with Crippen molar-refractivity contribution in [1.29, 1.82) is 0 Å². The Kier molecular flexibility index (Phi) is 3.33. The number of benzene rings is 1. The predicted octanol–water partition coefficient (Wildman–Crippen LogP) is 3.54. The minimum absolute atomic E-state index is 0.228. The van der Waals surface area contributed by atoms with Crippen molar-refractivity contribution < 1.29 is 17.9 Å². The number of nitrogens with zero attached hydrogens (tertiary/aromatic N) is 1. The second kappa shape index (κ2) is 4.75. The molecule has 0 aliphatic carbocycles. The molecule has 0 atom stereocenters. The van der Waals surface area contributed by atoms with Crippen LogP contribution in [0.5, 0.6) is 5.75 Å². The molecule has 0 unspecified atom stereocenters. The highest BCUT2D eigenvalue weighted by Crippen LogP contribution is 2.30. The molecule has 0 N–H and O–H groups in total. The van der Waals surface area contributed by atoms with Gasteiger partial charge in [-0.05, 0) is 24.3 Å². The molecule has 1 radical (unpaired) electrons. The smallest absolute Gasteiger partial charge is 0.416 e. The predicted molar refractivity (Wildman–Crippen MR) is 56.7 cm³/mol. The molecule has 0 spiro atoms. The Balaban J connectivity index is 1.99. The molecule has 2 rings (SSSR count). The first-order valence-electron chi connectivity index (χ1n) is 4.66. The largest absolute Gasteiger partial charge is 0.487 e. The fourth-order valence-electron chi connectivity index (χ4n) is 1.17. The third kappa shape index (κ3) is 3.20. The molecule has 6 heteroatoms. The van der Waals surface area contributed by atoms with Gasteiger partial charge in [0.1, 0.15) is 12.4 Å². The summed E-state index contributed by atoms with van der Waals surface area (Å²) < 4.78 is 42.1. The highest BCUT2D eigenvalue weighted by atomic mass is 32.1. The molecule has 1 aromatic carbocycles. The van der Waals surface area contributed by atoms with E-state index in [1.807, 2.05) is 0 Å². The Morgan fingerprint density at radius 3 is 2.47 bits per heavy atom. The van der Waals surface area contributed by atoms with Gasteiger partial charge in [-0.3, -0.25) is 0 Å². The summed E-state index contributed by atoms with van der Waals surface area (Å²) >= 11 is 1.32. The van der Waals surface area contributed by atoms with E-state index in [4.69, 9.17) is 4.74 Å². The van der Waals surface area contributed by atoms with Crippen molar-refractivity contribution in [3.63, 3.8) is 0 Å². The van der Waals surface area contributed by atoms with E-state index >= 15 is 0 Å². The minimum Gasteiger partial charge on any atom is -0.487 e. The highest BCUT2D eigenvalue weighted by molar-refractivity contribution is 7.07. The SMILES string of the molecule is FC(F)(F)c1ccc(OCc2cs[c]n2)cc1. The normalized spacial score (nSPS) is 11.5. The molecule has 2 nitrogen and oxygen atoms in total. The first kappa shape index (κ1) is 11.9. The lowest BCUT2D eigenvalue weighted by Gasteiger charge is -2.08. The average Bonchev–Trinajstić information content (AvgIpc) is 2.78. The average molecular weight is 258 g/mol. The molecule has 89 valence electrons. The van der Waals surface area contributed by atoms with E-state index < -0.39 is 11.7 Å². The Hall–Kier alpha value is -1.56. The summed E-state index contributed by atoms with van der Waals surface area (Å²) in [5.74, 6) is 0.381. The summed E-state index contributed by atoms with van der Waals surface area (Å²) in [6.07, 6.45) is -4.32. The maximum atomic E-state index is 12.3. The summed E-state index contributed by atoms with van der Waals surface area (Å²) in [5.41, 5.74) is 2.67. The summed E-state index contributed by atoms with van der Waals surface area (Å²) in [7, 11) is 0. The zero-order valence-corrected chi connectivity index (χ0v) is 9.31. The van der Waals surface area contributed by atoms with Crippen LogP contribution in [-0.4, -0.2) is 4.98 Å². The molecule has 0 aliphatic heterocycles. The van der Waals surface area contributed by atoms with Crippen molar-refractivity contribution in [3.8, 4) is 5.75 Å². The standard InChI is InChI=1S/C11H7F3NOS/c12-11(13,14)8-1-3-10(4-2-8)16-5-9-6-17-7-15-9/h1-4,6H,5H2. The maximum absolute atomic E-state index is 12.3. The van der Waals surface area contributed by atoms with Gasteiger partial charge in [0.15, 0.2) is 5.51 Å². The monoisotopic (exact) mass is 258 g/mol. The van der Waals surface area contributed by atoms with Gasteiger partial charge in [-0.15, -0.1) is 11.3 Å². The van der Waals surface area contributed by atoms with Gasteiger partial charge >= 0.3 is 6.18 Å². The lowest BCUT2D eigenvalue weighted by Crippen LogP contribution is -2.04. The molecule has 2 aromatic rings. The van der Waals surface area contributed by atoms with Gasteiger partial charge in [-0.2, -0.15) is 13.2 Å². The molecule has 0 aliphatic rings. The number of halogens is 3. The van der Waals surface area contributed by atoms with Crippen LogP contribution in [0.1, 0.15) is 11.3 Å². The van der Waals surface area contributed by atoms with Gasteiger partial charge in [0, 0.05) is 5.38 Å². The zero-order chi connectivity index (χ0) is 12.3. The molecular weight excluding hydrogens is 251 g/mol. The summed E-state index contributed by atoms with van der Waals surface area (Å²) in [5, 5.41) is 1.77. The van der Waals surface area contributed by atoms with Gasteiger partial charge in [-0.1, -0.05) is 0 Å². The third-order valence-electron chi connectivity index (χ3n) is 2.01. The number of hydrogen-bond acceptors (Lipinski definition) is 3. The second-order valence-corrected chi connectivity index (χ2v) is 3.89. The first-order chi connectivity index (χ1) is 8.05. The van der Waals surface area contributed by atoms with Crippen molar-refractivity contribution in [2.24, 2.45) is 0 Å². The van der Waals surface area contributed by atoms with Crippen molar-refractivity contribution >= 4 is 11.3 Å². The van der Waals surface area contributed by atoms with E-state index in [0.29, 0.717) is 11.4 Å². The van der Waals surface area contributed by atoms with Gasteiger partial charge in [0.25, 0.3) is 0 Å². The molecule has 0 amide bonds.